The average Bonchev–Trinajstić information content (AvgIpc) is 2.97. The van der Waals surface area contributed by atoms with Crippen molar-refractivity contribution in [2.45, 2.75) is 13.1 Å². The standard InChI is InChI=1S/C17H15BrN2S/c18-15-8-4-7-14(9-15)16-11-20-17(21-16)12-19-10-13-5-2-1-3-6-13/h1-9,11,19H,10,12H2. The van der Waals surface area contributed by atoms with Gasteiger partial charge in [-0.3, -0.25) is 0 Å². The van der Waals surface area contributed by atoms with Crippen molar-refractivity contribution in [1.29, 1.82) is 0 Å². The Morgan fingerprint density at radius 1 is 1.00 bits per heavy atom. The fraction of sp³-hybridized carbons (Fsp3) is 0.118. The molecule has 0 bridgehead atoms. The number of rotatable bonds is 5. The van der Waals surface area contributed by atoms with Gasteiger partial charge >= 0.3 is 0 Å². The molecule has 0 atom stereocenters. The number of hydrogen-bond donors (Lipinski definition) is 1. The Bertz CT molecular complexity index is 710. The van der Waals surface area contributed by atoms with Crippen LogP contribution in [0.5, 0.6) is 0 Å². The topological polar surface area (TPSA) is 24.9 Å². The Morgan fingerprint density at radius 2 is 1.86 bits per heavy atom. The van der Waals surface area contributed by atoms with Crippen LogP contribution >= 0.6 is 27.3 Å². The first-order valence-electron chi connectivity index (χ1n) is 6.76. The summed E-state index contributed by atoms with van der Waals surface area (Å²) in [5.74, 6) is 0. The van der Waals surface area contributed by atoms with Crippen LogP contribution in [0.1, 0.15) is 10.6 Å². The van der Waals surface area contributed by atoms with Crippen molar-refractivity contribution < 1.29 is 0 Å². The van der Waals surface area contributed by atoms with E-state index in [0.717, 1.165) is 22.6 Å². The summed E-state index contributed by atoms with van der Waals surface area (Å²) in [6.45, 7) is 1.67. The first kappa shape index (κ1) is 14.4. The number of benzene rings is 2. The zero-order valence-corrected chi connectivity index (χ0v) is 13.8. The van der Waals surface area contributed by atoms with Crippen LogP contribution in [0, 0.1) is 0 Å². The summed E-state index contributed by atoms with van der Waals surface area (Å²) in [7, 11) is 0. The minimum Gasteiger partial charge on any atom is -0.306 e. The third kappa shape index (κ3) is 4.00. The summed E-state index contributed by atoms with van der Waals surface area (Å²) in [5.41, 5.74) is 2.50. The maximum Gasteiger partial charge on any atom is 0.107 e. The Hall–Kier alpha value is -1.49. The molecule has 0 spiro atoms. The van der Waals surface area contributed by atoms with E-state index in [9.17, 15) is 0 Å². The van der Waals surface area contributed by atoms with Gasteiger partial charge < -0.3 is 5.32 Å². The summed E-state index contributed by atoms with van der Waals surface area (Å²) in [6.07, 6.45) is 1.95. The first-order valence-corrected chi connectivity index (χ1v) is 8.37. The lowest BCUT2D eigenvalue weighted by atomic mass is 10.2. The van der Waals surface area contributed by atoms with Crippen molar-refractivity contribution in [1.82, 2.24) is 10.3 Å². The van der Waals surface area contributed by atoms with Gasteiger partial charge in [-0.15, -0.1) is 11.3 Å². The van der Waals surface area contributed by atoms with Crippen LogP contribution in [0.4, 0.5) is 0 Å². The highest BCUT2D eigenvalue weighted by Crippen LogP contribution is 2.28. The number of nitrogens with one attached hydrogen (secondary N) is 1. The molecule has 0 radical (unpaired) electrons. The molecule has 1 heterocycles. The predicted octanol–water partition coefficient (Wildman–Crippen LogP) is 4.86. The number of hydrogen-bond acceptors (Lipinski definition) is 3. The molecule has 0 aliphatic rings. The Morgan fingerprint density at radius 3 is 2.67 bits per heavy atom. The second-order valence-electron chi connectivity index (χ2n) is 4.72. The normalized spacial score (nSPS) is 10.7. The van der Waals surface area contributed by atoms with E-state index in [0.29, 0.717) is 0 Å². The molecule has 0 aliphatic heterocycles. The van der Waals surface area contributed by atoms with E-state index in [1.54, 1.807) is 11.3 Å². The van der Waals surface area contributed by atoms with Crippen molar-refractivity contribution in [3.63, 3.8) is 0 Å². The molecular weight excluding hydrogens is 344 g/mol. The van der Waals surface area contributed by atoms with Gasteiger partial charge in [0.1, 0.15) is 5.01 Å². The molecular formula is C17H15BrN2S. The smallest absolute Gasteiger partial charge is 0.107 e. The van der Waals surface area contributed by atoms with Crippen molar-refractivity contribution in [3.05, 3.63) is 75.8 Å². The molecule has 1 aromatic heterocycles. The van der Waals surface area contributed by atoms with Crippen molar-refractivity contribution in [2.24, 2.45) is 0 Å². The van der Waals surface area contributed by atoms with Gasteiger partial charge in [-0.05, 0) is 23.3 Å². The highest BCUT2D eigenvalue weighted by Gasteiger charge is 2.04. The monoisotopic (exact) mass is 358 g/mol. The second-order valence-corrected chi connectivity index (χ2v) is 6.75. The maximum absolute atomic E-state index is 4.49. The fourth-order valence-corrected chi connectivity index (χ4v) is 3.36. The summed E-state index contributed by atoms with van der Waals surface area (Å²) < 4.78 is 1.09. The predicted molar refractivity (Wildman–Crippen MR) is 92.2 cm³/mol. The lowest BCUT2D eigenvalue weighted by Crippen LogP contribution is -2.12. The van der Waals surface area contributed by atoms with Crippen LogP contribution in [0.25, 0.3) is 10.4 Å². The van der Waals surface area contributed by atoms with E-state index < -0.39 is 0 Å². The third-order valence-corrected chi connectivity index (χ3v) is 4.65. The molecule has 4 heteroatoms. The van der Waals surface area contributed by atoms with Crippen LogP contribution in [-0.4, -0.2) is 4.98 Å². The SMILES string of the molecule is Brc1cccc(-c2cnc(CNCc3ccccc3)s2)c1. The van der Waals surface area contributed by atoms with Crippen molar-refractivity contribution in [3.8, 4) is 10.4 Å². The third-order valence-electron chi connectivity index (χ3n) is 3.11. The summed E-state index contributed by atoms with van der Waals surface area (Å²) in [4.78, 5) is 5.70. The zero-order chi connectivity index (χ0) is 14.5. The molecule has 0 saturated carbocycles. The van der Waals surface area contributed by atoms with Crippen LogP contribution in [0.2, 0.25) is 0 Å². The van der Waals surface area contributed by atoms with Crippen LogP contribution in [-0.2, 0) is 13.1 Å². The number of thiazole rings is 1. The minimum absolute atomic E-state index is 0.799. The van der Waals surface area contributed by atoms with E-state index in [-0.39, 0.29) is 0 Å². The van der Waals surface area contributed by atoms with Gasteiger partial charge in [0.2, 0.25) is 0 Å². The van der Waals surface area contributed by atoms with E-state index in [4.69, 9.17) is 0 Å². The van der Waals surface area contributed by atoms with E-state index in [2.05, 4.69) is 62.6 Å². The average molecular weight is 359 g/mol. The second kappa shape index (κ2) is 6.98. The van der Waals surface area contributed by atoms with Crippen LogP contribution in [0.3, 0.4) is 0 Å². The summed E-state index contributed by atoms with van der Waals surface area (Å²) in [6, 6.07) is 18.7. The lowest BCUT2D eigenvalue weighted by molar-refractivity contribution is 0.690. The number of nitrogens with zero attached hydrogens (tertiary/aromatic N) is 1. The van der Waals surface area contributed by atoms with Gasteiger partial charge in [0.15, 0.2) is 0 Å². The Balaban J connectivity index is 1.60. The number of aromatic nitrogens is 1. The lowest BCUT2D eigenvalue weighted by Gasteiger charge is -2.02. The molecule has 2 aromatic carbocycles. The fourth-order valence-electron chi connectivity index (χ4n) is 2.08. The van der Waals surface area contributed by atoms with E-state index >= 15 is 0 Å². The zero-order valence-electron chi connectivity index (χ0n) is 11.4. The quantitative estimate of drug-likeness (QED) is 0.704. The largest absolute Gasteiger partial charge is 0.306 e. The van der Waals surface area contributed by atoms with Crippen molar-refractivity contribution in [2.75, 3.05) is 0 Å². The highest BCUT2D eigenvalue weighted by molar-refractivity contribution is 9.10. The molecule has 0 unspecified atom stereocenters. The summed E-state index contributed by atoms with van der Waals surface area (Å²) in [5, 5.41) is 4.54. The Kier molecular flexibility index (Phi) is 4.80. The van der Waals surface area contributed by atoms with Gasteiger partial charge in [-0.2, -0.15) is 0 Å². The molecule has 3 rings (SSSR count). The molecule has 2 nitrogen and oxygen atoms in total. The molecule has 1 N–H and O–H groups in total. The minimum atomic E-state index is 0.799. The Labute approximate surface area is 137 Å². The molecule has 0 amide bonds. The molecule has 0 saturated heterocycles. The van der Waals surface area contributed by atoms with Gasteiger partial charge in [0.25, 0.3) is 0 Å². The van der Waals surface area contributed by atoms with Crippen molar-refractivity contribution >= 4 is 27.3 Å². The van der Waals surface area contributed by atoms with Gasteiger partial charge in [0.05, 0.1) is 4.88 Å². The van der Waals surface area contributed by atoms with E-state index in [1.807, 2.05) is 24.4 Å². The summed E-state index contributed by atoms with van der Waals surface area (Å²) >= 11 is 5.24. The van der Waals surface area contributed by atoms with E-state index in [1.165, 1.54) is 16.0 Å². The van der Waals surface area contributed by atoms with Crippen LogP contribution in [0.15, 0.2) is 65.3 Å². The molecule has 106 valence electrons. The maximum atomic E-state index is 4.49. The van der Waals surface area contributed by atoms with Gasteiger partial charge in [0, 0.05) is 23.8 Å². The van der Waals surface area contributed by atoms with Crippen LogP contribution < -0.4 is 5.32 Å². The first-order chi connectivity index (χ1) is 10.3. The molecule has 21 heavy (non-hydrogen) atoms. The highest BCUT2D eigenvalue weighted by atomic mass is 79.9. The molecule has 0 aliphatic carbocycles. The number of halogens is 1. The molecule has 3 aromatic rings. The van der Waals surface area contributed by atoms with Gasteiger partial charge in [-0.1, -0.05) is 58.4 Å². The molecule has 0 fully saturated rings. The van der Waals surface area contributed by atoms with Gasteiger partial charge in [-0.25, -0.2) is 4.98 Å².